The summed E-state index contributed by atoms with van der Waals surface area (Å²) in [4.78, 5) is 25.1. The highest BCUT2D eigenvalue weighted by Gasteiger charge is 2.26. The fourth-order valence-corrected chi connectivity index (χ4v) is 2.38. The van der Waals surface area contributed by atoms with Crippen LogP contribution in [0, 0.1) is 5.92 Å². The van der Waals surface area contributed by atoms with E-state index in [1.807, 2.05) is 6.08 Å². The van der Waals surface area contributed by atoms with Gasteiger partial charge in [0.1, 0.15) is 5.60 Å². The van der Waals surface area contributed by atoms with E-state index in [0.29, 0.717) is 5.92 Å². The molecule has 0 unspecified atom stereocenters. The van der Waals surface area contributed by atoms with Crippen LogP contribution in [0.15, 0.2) is 12.3 Å². The molecule has 3 amide bonds. The molecule has 1 aliphatic rings. The molecule has 0 aromatic rings. The molecule has 0 atom stereocenters. The number of carbonyl (C=O) groups is 2. The minimum absolute atomic E-state index is 0.123. The first-order valence-electron chi connectivity index (χ1n) is 8.01. The van der Waals surface area contributed by atoms with Gasteiger partial charge in [-0.25, -0.2) is 14.5 Å². The van der Waals surface area contributed by atoms with E-state index >= 15 is 0 Å². The number of imide groups is 1. The molecule has 1 aliphatic carbocycles. The van der Waals surface area contributed by atoms with Crippen LogP contribution in [0.4, 0.5) is 9.59 Å². The number of allylic oxidation sites excluding steroid dienone is 1. The average Bonchev–Trinajstić information content (AvgIpc) is 2.43. The largest absolute Gasteiger partial charge is 0.443 e. The van der Waals surface area contributed by atoms with Crippen molar-refractivity contribution in [3.8, 4) is 0 Å². The predicted molar refractivity (Wildman–Crippen MR) is 86.2 cm³/mol. The van der Waals surface area contributed by atoms with Crippen molar-refractivity contribution in [2.45, 2.75) is 58.5 Å². The molecule has 0 heterocycles. The minimum Gasteiger partial charge on any atom is -0.443 e. The van der Waals surface area contributed by atoms with Crippen LogP contribution in [0.3, 0.4) is 0 Å². The SMILES string of the molecule is CC(C)(C)OC(=O)N(CCN)C(=O)N/C=C/C1CCCCC1. The number of hydrogen-bond acceptors (Lipinski definition) is 4. The smallest absolute Gasteiger partial charge is 0.418 e. The van der Waals surface area contributed by atoms with Gasteiger partial charge in [-0.15, -0.1) is 0 Å². The highest BCUT2D eigenvalue weighted by atomic mass is 16.6. The molecule has 0 bridgehead atoms. The summed E-state index contributed by atoms with van der Waals surface area (Å²) in [6.07, 6.45) is 9.04. The minimum atomic E-state index is -0.679. The van der Waals surface area contributed by atoms with Gasteiger partial charge in [-0.05, 0) is 39.5 Å². The van der Waals surface area contributed by atoms with Crippen LogP contribution < -0.4 is 11.1 Å². The molecular formula is C16H29N3O3. The molecule has 1 saturated carbocycles. The zero-order chi connectivity index (χ0) is 16.6. The van der Waals surface area contributed by atoms with Crippen LogP contribution >= 0.6 is 0 Å². The molecule has 1 rings (SSSR count). The number of nitrogens with two attached hydrogens (primary N) is 1. The zero-order valence-electron chi connectivity index (χ0n) is 13.9. The van der Waals surface area contributed by atoms with Crippen LogP contribution in [0.5, 0.6) is 0 Å². The Kier molecular flexibility index (Phi) is 7.38. The van der Waals surface area contributed by atoms with Gasteiger partial charge in [0.15, 0.2) is 0 Å². The number of carbonyl (C=O) groups excluding carboxylic acids is 2. The van der Waals surface area contributed by atoms with Crippen molar-refractivity contribution in [1.82, 2.24) is 10.2 Å². The van der Waals surface area contributed by atoms with Gasteiger partial charge in [0, 0.05) is 19.3 Å². The Balaban J connectivity index is 2.53. The Labute approximate surface area is 133 Å². The summed E-state index contributed by atoms with van der Waals surface area (Å²) >= 11 is 0. The lowest BCUT2D eigenvalue weighted by molar-refractivity contribution is 0.0328. The number of nitrogens with zero attached hydrogens (tertiary/aromatic N) is 1. The molecule has 1 fully saturated rings. The van der Waals surface area contributed by atoms with Gasteiger partial charge in [-0.1, -0.05) is 25.3 Å². The summed E-state index contributed by atoms with van der Waals surface area (Å²) in [5, 5.41) is 2.63. The maximum atomic E-state index is 12.1. The van der Waals surface area contributed by atoms with Gasteiger partial charge in [-0.3, -0.25) is 0 Å². The highest BCUT2D eigenvalue weighted by Crippen LogP contribution is 2.24. The molecule has 126 valence electrons. The Hall–Kier alpha value is -1.56. The van der Waals surface area contributed by atoms with Gasteiger partial charge >= 0.3 is 12.1 Å². The molecule has 0 spiro atoms. The summed E-state index contributed by atoms with van der Waals surface area (Å²) in [5.41, 5.74) is 4.82. The van der Waals surface area contributed by atoms with Crippen LogP contribution in [0.1, 0.15) is 52.9 Å². The first-order valence-corrected chi connectivity index (χ1v) is 8.01. The first kappa shape index (κ1) is 18.5. The van der Waals surface area contributed by atoms with E-state index in [1.54, 1.807) is 27.0 Å². The Morgan fingerprint density at radius 2 is 1.91 bits per heavy atom. The van der Waals surface area contributed by atoms with Crippen molar-refractivity contribution >= 4 is 12.1 Å². The maximum absolute atomic E-state index is 12.1. The van der Waals surface area contributed by atoms with E-state index in [4.69, 9.17) is 10.5 Å². The summed E-state index contributed by atoms with van der Waals surface area (Å²) in [5.74, 6) is 0.513. The second kappa shape index (κ2) is 8.78. The molecule has 6 heteroatoms. The van der Waals surface area contributed by atoms with Gasteiger partial charge in [0.05, 0.1) is 0 Å². The lowest BCUT2D eigenvalue weighted by atomic mass is 9.89. The van der Waals surface area contributed by atoms with Crippen molar-refractivity contribution in [2.75, 3.05) is 13.1 Å². The second-order valence-corrected chi connectivity index (χ2v) is 6.63. The average molecular weight is 311 g/mol. The molecule has 3 N–H and O–H groups in total. The van der Waals surface area contributed by atoms with Crippen LogP contribution in [-0.4, -0.2) is 35.7 Å². The van der Waals surface area contributed by atoms with E-state index in [-0.39, 0.29) is 13.1 Å². The van der Waals surface area contributed by atoms with E-state index < -0.39 is 17.7 Å². The number of rotatable bonds is 4. The second-order valence-electron chi connectivity index (χ2n) is 6.63. The topological polar surface area (TPSA) is 84.7 Å². The fraction of sp³-hybridized carbons (Fsp3) is 0.750. The van der Waals surface area contributed by atoms with Crippen molar-refractivity contribution in [2.24, 2.45) is 11.7 Å². The van der Waals surface area contributed by atoms with Gasteiger partial charge in [0.25, 0.3) is 0 Å². The summed E-state index contributed by atoms with van der Waals surface area (Å²) in [7, 11) is 0. The number of nitrogens with one attached hydrogen (secondary N) is 1. The molecule has 0 saturated heterocycles. The number of hydrogen-bond donors (Lipinski definition) is 2. The fourth-order valence-electron chi connectivity index (χ4n) is 2.38. The third kappa shape index (κ3) is 6.93. The molecule has 22 heavy (non-hydrogen) atoms. The van der Waals surface area contributed by atoms with E-state index in [2.05, 4.69) is 5.32 Å². The molecule has 0 aromatic heterocycles. The molecule has 0 radical (unpaired) electrons. The highest BCUT2D eigenvalue weighted by molar-refractivity contribution is 5.91. The zero-order valence-corrected chi connectivity index (χ0v) is 13.9. The predicted octanol–water partition coefficient (Wildman–Crippen LogP) is 2.99. The van der Waals surface area contributed by atoms with Crippen molar-refractivity contribution in [1.29, 1.82) is 0 Å². The Morgan fingerprint density at radius 3 is 2.45 bits per heavy atom. The van der Waals surface area contributed by atoms with Crippen LogP contribution in [0.2, 0.25) is 0 Å². The number of urea groups is 1. The normalized spacial score (nSPS) is 16.5. The Bertz CT molecular complexity index is 396. The van der Waals surface area contributed by atoms with Gasteiger partial charge < -0.3 is 15.8 Å². The van der Waals surface area contributed by atoms with Gasteiger partial charge in [0.2, 0.25) is 0 Å². The van der Waals surface area contributed by atoms with Crippen molar-refractivity contribution in [3.63, 3.8) is 0 Å². The van der Waals surface area contributed by atoms with E-state index in [9.17, 15) is 9.59 Å². The molecular weight excluding hydrogens is 282 g/mol. The third-order valence-corrected chi connectivity index (χ3v) is 3.44. The lowest BCUT2D eigenvalue weighted by Gasteiger charge is -2.25. The van der Waals surface area contributed by atoms with Crippen LogP contribution in [0.25, 0.3) is 0 Å². The molecule has 6 nitrogen and oxygen atoms in total. The van der Waals surface area contributed by atoms with Crippen molar-refractivity contribution in [3.05, 3.63) is 12.3 Å². The molecule has 0 aliphatic heterocycles. The van der Waals surface area contributed by atoms with E-state index in [0.717, 1.165) is 17.7 Å². The van der Waals surface area contributed by atoms with Gasteiger partial charge in [-0.2, -0.15) is 0 Å². The monoisotopic (exact) mass is 311 g/mol. The summed E-state index contributed by atoms with van der Waals surface area (Å²) in [6, 6.07) is -0.508. The van der Waals surface area contributed by atoms with Crippen molar-refractivity contribution < 1.29 is 14.3 Å². The number of amides is 3. The van der Waals surface area contributed by atoms with Crippen LogP contribution in [-0.2, 0) is 4.74 Å². The standard InChI is InChI=1S/C16H29N3O3/c1-16(2,3)22-15(21)19(12-10-17)14(20)18-11-9-13-7-5-4-6-8-13/h9,11,13H,4-8,10,12,17H2,1-3H3,(H,18,20)/b11-9+. The quantitative estimate of drug-likeness (QED) is 0.836. The Morgan fingerprint density at radius 1 is 1.27 bits per heavy atom. The maximum Gasteiger partial charge on any atom is 0.418 e. The summed E-state index contributed by atoms with van der Waals surface area (Å²) in [6.45, 7) is 5.59. The third-order valence-electron chi connectivity index (χ3n) is 3.44. The number of ether oxygens (including phenoxy) is 1. The molecule has 0 aromatic carbocycles. The first-order chi connectivity index (χ1) is 10.3. The van der Waals surface area contributed by atoms with E-state index in [1.165, 1.54) is 19.3 Å². The lowest BCUT2D eigenvalue weighted by Crippen LogP contribution is -2.46. The summed E-state index contributed by atoms with van der Waals surface area (Å²) < 4.78 is 5.22.